The SMILES string of the molecule is CC(C)NCC(c1cccs1)C1CCCCC1. The lowest BCUT2D eigenvalue weighted by atomic mass is 9.79. The average molecular weight is 251 g/mol. The van der Waals surface area contributed by atoms with Crippen LogP contribution in [0.1, 0.15) is 56.7 Å². The van der Waals surface area contributed by atoms with E-state index in [4.69, 9.17) is 0 Å². The van der Waals surface area contributed by atoms with Gasteiger partial charge >= 0.3 is 0 Å². The normalized spacial score (nSPS) is 19.7. The molecule has 0 saturated heterocycles. The molecule has 0 radical (unpaired) electrons. The van der Waals surface area contributed by atoms with Crippen molar-refractivity contribution < 1.29 is 0 Å². The van der Waals surface area contributed by atoms with Gasteiger partial charge < -0.3 is 5.32 Å². The van der Waals surface area contributed by atoms with E-state index < -0.39 is 0 Å². The highest BCUT2D eigenvalue weighted by molar-refractivity contribution is 7.10. The summed E-state index contributed by atoms with van der Waals surface area (Å²) in [4.78, 5) is 1.59. The van der Waals surface area contributed by atoms with Gasteiger partial charge in [-0.15, -0.1) is 11.3 Å². The minimum Gasteiger partial charge on any atom is -0.314 e. The maximum absolute atomic E-state index is 3.64. The van der Waals surface area contributed by atoms with Crippen LogP contribution in [0.5, 0.6) is 0 Å². The van der Waals surface area contributed by atoms with Crippen LogP contribution in [0.4, 0.5) is 0 Å². The van der Waals surface area contributed by atoms with Crippen LogP contribution >= 0.6 is 11.3 Å². The second-order valence-corrected chi connectivity index (χ2v) is 6.56. The number of nitrogens with one attached hydrogen (secondary N) is 1. The molecule has 1 nitrogen and oxygen atoms in total. The van der Waals surface area contributed by atoms with Crippen molar-refractivity contribution in [3.05, 3.63) is 22.4 Å². The summed E-state index contributed by atoms with van der Waals surface area (Å²) in [5.74, 6) is 1.66. The van der Waals surface area contributed by atoms with Gasteiger partial charge in [-0.3, -0.25) is 0 Å². The monoisotopic (exact) mass is 251 g/mol. The first-order valence-corrected chi connectivity index (χ1v) is 7.92. The van der Waals surface area contributed by atoms with Gasteiger partial charge in [0.1, 0.15) is 0 Å². The molecule has 2 heteroatoms. The van der Waals surface area contributed by atoms with Crippen molar-refractivity contribution in [2.24, 2.45) is 5.92 Å². The van der Waals surface area contributed by atoms with E-state index in [1.165, 1.54) is 32.1 Å². The Bertz CT molecular complexity index is 299. The van der Waals surface area contributed by atoms with Crippen molar-refractivity contribution in [2.75, 3.05) is 6.54 Å². The molecule has 0 amide bonds. The van der Waals surface area contributed by atoms with Gasteiger partial charge in [-0.2, -0.15) is 0 Å². The van der Waals surface area contributed by atoms with Crippen LogP contribution in [0.25, 0.3) is 0 Å². The molecular formula is C15H25NS. The molecular weight excluding hydrogens is 226 g/mol. The van der Waals surface area contributed by atoms with Crippen LogP contribution in [0.3, 0.4) is 0 Å². The van der Waals surface area contributed by atoms with Crippen LogP contribution in [0.15, 0.2) is 17.5 Å². The van der Waals surface area contributed by atoms with Crippen LogP contribution < -0.4 is 5.32 Å². The van der Waals surface area contributed by atoms with Crippen LogP contribution in [-0.4, -0.2) is 12.6 Å². The Labute approximate surface area is 110 Å². The zero-order valence-corrected chi connectivity index (χ0v) is 11.9. The molecule has 1 heterocycles. The Balaban J connectivity index is 2.01. The molecule has 96 valence electrons. The van der Waals surface area contributed by atoms with Crippen molar-refractivity contribution in [1.82, 2.24) is 5.32 Å². The molecule has 1 atom stereocenters. The van der Waals surface area contributed by atoms with E-state index in [0.717, 1.165) is 18.4 Å². The number of hydrogen-bond donors (Lipinski definition) is 1. The highest BCUT2D eigenvalue weighted by Gasteiger charge is 2.25. The van der Waals surface area contributed by atoms with Gasteiger partial charge in [0.05, 0.1) is 0 Å². The Hall–Kier alpha value is -0.340. The first-order valence-electron chi connectivity index (χ1n) is 7.04. The minimum absolute atomic E-state index is 0.598. The third kappa shape index (κ3) is 3.82. The second kappa shape index (κ2) is 6.55. The van der Waals surface area contributed by atoms with E-state index in [0.29, 0.717) is 6.04 Å². The quantitative estimate of drug-likeness (QED) is 0.817. The minimum atomic E-state index is 0.598. The number of rotatable bonds is 5. The van der Waals surface area contributed by atoms with Crippen molar-refractivity contribution >= 4 is 11.3 Å². The van der Waals surface area contributed by atoms with Gasteiger partial charge in [-0.25, -0.2) is 0 Å². The van der Waals surface area contributed by atoms with Gasteiger partial charge in [0.15, 0.2) is 0 Å². The highest BCUT2D eigenvalue weighted by atomic mass is 32.1. The van der Waals surface area contributed by atoms with Gasteiger partial charge in [-0.1, -0.05) is 39.2 Å². The summed E-state index contributed by atoms with van der Waals surface area (Å²) < 4.78 is 0. The maximum atomic E-state index is 3.64. The van der Waals surface area contributed by atoms with Crippen molar-refractivity contribution in [2.45, 2.75) is 57.9 Å². The molecule has 0 aliphatic heterocycles. The summed E-state index contributed by atoms with van der Waals surface area (Å²) >= 11 is 1.94. The first kappa shape index (κ1) is 13.1. The van der Waals surface area contributed by atoms with Crippen molar-refractivity contribution in [3.63, 3.8) is 0 Å². The van der Waals surface area contributed by atoms with E-state index >= 15 is 0 Å². The predicted molar refractivity (Wildman–Crippen MR) is 76.8 cm³/mol. The lowest BCUT2D eigenvalue weighted by molar-refractivity contribution is 0.296. The molecule has 1 fully saturated rings. The fourth-order valence-corrected chi connectivity index (χ4v) is 3.82. The van der Waals surface area contributed by atoms with Crippen LogP contribution in [-0.2, 0) is 0 Å². The van der Waals surface area contributed by atoms with Crippen LogP contribution in [0, 0.1) is 5.92 Å². The number of thiophene rings is 1. The summed E-state index contributed by atoms with van der Waals surface area (Å²) in [6, 6.07) is 5.12. The molecule has 2 rings (SSSR count). The van der Waals surface area contributed by atoms with E-state index in [1.54, 1.807) is 4.88 Å². The van der Waals surface area contributed by atoms with E-state index in [-0.39, 0.29) is 0 Å². The molecule has 1 aromatic rings. The average Bonchev–Trinajstić information content (AvgIpc) is 2.84. The first-order chi connectivity index (χ1) is 8.27. The predicted octanol–water partition coefficient (Wildman–Crippen LogP) is 4.41. The van der Waals surface area contributed by atoms with E-state index in [1.807, 2.05) is 11.3 Å². The molecule has 0 bridgehead atoms. The molecule has 1 aliphatic carbocycles. The summed E-state index contributed by atoms with van der Waals surface area (Å²) in [5.41, 5.74) is 0. The van der Waals surface area contributed by atoms with E-state index in [9.17, 15) is 0 Å². The molecule has 0 aromatic carbocycles. The van der Waals surface area contributed by atoms with E-state index in [2.05, 4.69) is 36.7 Å². The van der Waals surface area contributed by atoms with Crippen molar-refractivity contribution in [1.29, 1.82) is 0 Å². The molecule has 17 heavy (non-hydrogen) atoms. The molecule has 1 aliphatic rings. The lowest BCUT2D eigenvalue weighted by Crippen LogP contribution is -2.31. The third-order valence-corrected chi connectivity index (χ3v) is 4.88. The van der Waals surface area contributed by atoms with Crippen molar-refractivity contribution in [3.8, 4) is 0 Å². The zero-order valence-electron chi connectivity index (χ0n) is 11.1. The Morgan fingerprint density at radius 3 is 2.65 bits per heavy atom. The molecule has 1 N–H and O–H groups in total. The smallest absolute Gasteiger partial charge is 0.00916 e. The Kier molecular flexibility index (Phi) is 5.05. The fraction of sp³-hybridized carbons (Fsp3) is 0.733. The summed E-state index contributed by atoms with van der Waals surface area (Å²) in [7, 11) is 0. The van der Waals surface area contributed by atoms with Crippen LogP contribution in [0.2, 0.25) is 0 Å². The zero-order chi connectivity index (χ0) is 12.1. The molecule has 0 spiro atoms. The topological polar surface area (TPSA) is 12.0 Å². The standard InChI is InChI=1S/C15H25NS/c1-12(2)16-11-14(15-9-6-10-17-15)13-7-4-3-5-8-13/h6,9-10,12-14,16H,3-5,7-8,11H2,1-2H3. The molecule has 1 saturated carbocycles. The summed E-state index contributed by atoms with van der Waals surface area (Å²) in [6.45, 7) is 5.64. The Morgan fingerprint density at radius 2 is 2.06 bits per heavy atom. The highest BCUT2D eigenvalue weighted by Crippen LogP contribution is 2.37. The molecule has 1 unspecified atom stereocenters. The van der Waals surface area contributed by atoms with Gasteiger partial charge in [0.25, 0.3) is 0 Å². The second-order valence-electron chi connectivity index (χ2n) is 5.58. The fourth-order valence-electron chi connectivity index (χ4n) is 2.90. The maximum Gasteiger partial charge on any atom is 0.00916 e. The lowest BCUT2D eigenvalue weighted by Gasteiger charge is -2.30. The summed E-state index contributed by atoms with van der Waals surface area (Å²) in [6.07, 6.45) is 7.19. The number of hydrogen-bond acceptors (Lipinski definition) is 2. The summed E-state index contributed by atoms with van der Waals surface area (Å²) in [5, 5.41) is 5.86. The Morgan fingerprint density at radius 1 is 1.29 bits per heavy atom. The van der Waals surface area contributed by atoms with Gasteiger partial charge in [0, 0.05) is 23.4 Å². The largest absolute Gasteiger partial charge is 0.314 e. The third-order valence-electron chi connectivity index (χ3n) is 3.87. The molecule has 1 aromatic heterocycles. The van der Waals surface area contributed by atoms with Gasteiger partial charge in [-0.05, 0) is 30.2 Å². The van der Waals surface area contributed by atoms with Gasteiger partial charge in [0.2, 0.25) is 0 Å².